The summed E-state index contributed by atoms with van der Waals surface area (Å²) in [5, 5.41) is 0. The summed E-state index contributed by atoms with van der Waals surface area (Å²) < 4.78 is 5.29. The number of hydrogen-bond donors (Lipinski definition) is 1. The lowest BCUT2D eigenvalue weighted by molar-refractivity contribution is 0.0674. The summed E-state index contributed by atoms with van der Waals surface area (Å²) in [5.41, 5.74) is 8.64. The second-order valence-electron chi connectivity index (χ2n) is 4.88. The van der Waals surface area contributed by atoms with Crippen molar-refractivity contribution in [2.24, 2.45) is 10.7 Å². The van der Waals surface area contributed by atoms with Gasteiger partial charge in [-0.15, -0.1) is 24.0 Å². The fourth-order valence-corrected chi connectivity index (χ4v) is 2.78. The molecule has 0 bridgehead atoms. The third-order valence-corrected chi connectivity index (χ3v) is 4.24. The van der Waals surface area contributed by atoms with E-state index in [1.54, 1.807) is 0 Å². The van der Waals surface area contributed by atoms with E-state index in [0.29, 0.717) is 5.96 Å². The van der Waals surface area contributed by atoms with Crippen molar-refractivity contribution in [2.45, 2.75) is 12.7 Å². The van der Waals surface area contributed by atoms with Gasteiger partial charge in [-0.3, -0.25) is 4.99 Å². The minimum atomic E-state index is 0. The van der Waals surface area contributed by atoms with Gasteiger partial charge in [0, 0.05) is 24.6 Å². The van der Waals surface area contributed by atoms with Crippen molar-refractivity contribution in [3.8, 4) is 0 Å². The first-order valence-electron chi connectivity index (χ1n) is 7.01. The number of aliphatic imine (C=N–C) groups is 1. The Morgan fingerprint density at radius 1 is 1.29 bits per heavy atom. The van der Waals surface area contributed by atoms with E-state index in [9.17, 15) is 0 Å². The van der Waals surface area contributed by atoms with Gasteiger partial charge in [0.25, 0.3) is 0 Å². The number of nitrogens with zero attached hydrogens (tertiary/aromatic N) is 2. The molecule has 0 aliphatic carbocycles. The summed E-state index contributed by atoms with van der Waals surface area (Å²) in [6.45, 7) is 6.09. The number of halogens is 1. The van der Waals surface area contributed by atoms with Crippen molar-refractivity contribution in [1.82, 2.24) is 4.90 Å². The van der Waals surface area contributed by atoms with Crippen LogP contribution in [0.25, 0.3) is 0 Å². The predicted octanol–water partition coefficient (Wildman–Crippen LogP) is 2.49. The molecule has 0 aromatic heterocycles. The predicted molar refractivity (Wildman–Crippen MR) is 102 cm³/mol. The number of rotatable bonds is 5. The van der Waals surface area contributed by atoms with E-state index in [4.69, 9.17) is 10.5 Å². The molecule has 1 aliphatic rings. The third-order valence-electron chi connectivity index (χ3n) is 3.23. The standard InChI is InChI=1S/C15H23N3OS.HI/c1-13-2-4-14(5-3-13)12-20-11-6-17-15(16)18-7-9-19-10-8-18;/h2-5H,6-12H2,1H3,(H2,16,17);1H. The first-order valence-corrected chi connectivity index (χ1v) is 8.17. The monoisotopic (exact) mass is 421 g/mol. The Labute approximate surface area is 148 Å². The molecule has 118 valence electrons. The molecule has 21 heavy (non-hydrogen) atoms. The number of aryl methyl sites for hydroxylation is 1. The molecule has 1 saturated heterocycles. The second-order valence-corrected chi connectivity index (χ2v) is 5.98. The zero-order chi connectivity index (χ0) is 14.2. The Kier molecular flexibility index (Phi) is 9.10. The number of ether oxygens (including phenoxy) is 1. The van der Waals surface area contributed by atoms with E-state index in [1.165, 1.54) is 11.1 Å². The van der Waals surface area contributed by atoms with Gasteiger partial charge in [0.05, 0.1) is 19.8 Å². The van der Waals surface area contributed by atoms with Crippen molar-refractivity contribution in [2.75, 3.05) is 38.6 Å². The first-order chi connectivity index (χ1) is 9.75. The number of benzene rings is 1. The number of hydrogen-bond acceptors (Lipinski definition) is 3. The molecule has 1 fully saturated rings. The molecule has 2 rings (SSSR count). The zero-order valence-electron chi connectivity index (χ0n) is 12.5. The van der Waals surface area contributed by atoms with Crippen molar-refractivity contribution in [3.05, 3.63) is 35.4 Å². The maximum absolute atomic E-state index is 5.97. The topological polar surface area (TPSA) is 50.8 Å². The summed E-state index contributed by atoms with van der Waals surface area (Å²) in [7, 11) is 0. The zero-order valence-corrected chi connectivity index (χ0v) is 15.6. The minimum Gasteiger partial charge on any atom is -0.378 e. The fourth-order valence-electron chi connectivity index (χ4n) is 1.99. The van der Waals surface area contributed by atoms with Crippen LogP contribution in [0.5, 0.6) is 0 Å². The second kappa shape index (κ2) is 10.3. The summed E-state index contributed by atoms with van der Waals surface area (Å²) in [6.07, 6.45) is 0. The van der Waals surface area contributed by atoms with Crippen LogP contribution < -0.4 is 5.73 Å². The van der Waals surface area contributed by atoms with Crippen LogP contribution in [0.2, 0.25) is 0 Å². The Bertz CT molecular complexity index is 433. The van der Waals surface area contributed by atoms with E-state index in [-0.39, 0.29) is 24.0 Å². The lowest BCUT2D eigenvalue weighted by Gasteiger charge is -2.27. The molecular formula is C15H24IN3OS. The minimum absolute atomic E-state index is 0. The summed E-state index contributed by atoms with van der Waals surface area (Å²) in [6, 6.07) is 8.69. The average molecular weight is 421 g/mol. The number of thioether (sulfide) groups is 1. The lowest BCUT2D eigenvalue weighted by Crippen LogP contribution is -2.44. The molecule has 0 spiro atoms. The van der Waals surface area contributed by atoms with Crippen molar-refractivity contribution in [1.29, 1.82) is 0 Å². The maximum atomic E-state index is 5.97. The summed E-state index contributed by atoms with van der Waals surface area (Å²) in [4.78, 5) is 6.53. The highest BCUT2D eigenvalue weighted by Crippen LogP contribution is 2.12. The number of morpholine rings is 1. The van der Waals surface area contributed by atoms with Gasteiger partial charge in [-0.25, -0.2) is 0 Å². The molecule has 0 atom stereocenters. The first kappa shape index (κ1) is 18.6. The molecule has 0 unspecified atom stereocenters. The highest BCUT2D eigenvalue weighted by atomic mass is 127. The normalized spacial score (nSPS) is 15.7. The molecule has 1 aromatic carbocycles. The molecule has 6 heteroatoms. The Balaban J connectivity index is 0.00000220. The van der Waals surface area contributed by atoms with E-state index >= 15 is 0 Å². The lowest BCUT2D eigenvalue weighted by atomic mass is 10.2. The third kappa shape index (κ3) is 6.88. The highest BCUT2D eigenvalue weighted by Gasteiger charge is 2.11. The van der Waals surface area contributed by atoms with E-state index in [0.717, 1.165) is 44.4 Å². The Hall–Kier alpha value is -0.470. The van der Waals surface area contributed by atoms with Crippen LogP contribution in [0.15, 0.2) is 29.3 Å². The van der Waals surface area contributed by atoms with Gasteiger partial charge in [-0.2, -0.15) is 11.8 Å². The van der Waals surface area contributed by atoms with Gasteiger partial charge < -0.3 is 15.4 Å². The smallest absolute Gasteiger partial charge is 0.191 e. The van der Waals surface area contributed by atoms with Gasteiger partial charge in [0.2, 0.25) is 0 Å². The van der Waals surface area contributed by atoms with Crippen LogP contribution in [-0.4, -0.2) is 49.5 Å². The van der Waals surface area contributed by atoms with Crippen LogP contribution >= 0.6 is 35.7 Å². The molecule has 0 amide bonds. The van der Waals surface area contributed by atoms with Gasteiger partial charge in [0.15, 0.2) is 5.96 Å². The van der Waals surface area contributed by atoms with Crippen LogP contribution in [0.1, 0.15) is 11.1 Å². The Morgan fingerprint density at radius 3 is 2.62 bits per heavy atom. The van der Waals surface area contributed by atoms with Crippen molar-refractivity contribution >= 4 is 41.7 Å². The maximum Gasteiger partial charge on any atom is 0.191 e. The summed E-state index contributed by atoms with van der Waals surface area (Å²) >= 11 is 1.89. The van der Waals surface area contributed by atoms with E-state index < -0.39 is 0 Å². The molecule has 0 saturated carbocycles. The SMILES string of the molecule is Cc1ccc(CSCCN=C(N)N2CCOCC2)cc1.I. The Morgan fingerprint density at radius 2 is 1.95 bits per heavy atom. The van der Waals surface area contributed by atoms with Gasteiger partial charge >= 0.3 is 0 Å². The van der Waals surface area contributed by atoms with E-state index in [2.05, 4.69) is 41.1 Å². The molecule has 1 aliphatic heterocycles. The van der Waals surface area contributed by atoms with Crippen LogP contribution in [0.4, 0.5) is 0 Å². The van der Waals surface area contributed by atoms with Crippen LogP contribution in [0, 0.1) is 6.92 Å². The molecular weight excluding hydrogens is 397 g/mol. The summed E-state index contributed by atoms with van der Waals surface area (Å²) in [5.74, 6) is 2.69. The van der Waals surface area contributed by atoms with Gasteiger partial charge in [-0.1, -0.05) is 29.8 Å². The molecule has 0 radical (unpaired) electrons. The van der Waals surface area contributed by atoms with Crippen LogP contribution in [0.3, 0.4) is 0 Å². The highest BCUT2D eigenvalue weighted by molar-refractivity contribution is 14.0. The molecule has 2 N–H and O–H groups in total. The quantitative estimate of drug-likeness (QED) is 0.344. The molecule has 1 heterocycles. The van der Waals surface area contributed by atoms with Crippen molar-refractivity contribution < 1.29 is 4.74 Å². The van der Waals surface area contributed by atoms with Gasteiger partial charge in [0.1, 0.15) is 0 Å². The van der Waals surface area contributed by atoms with Gasteiger partial charge in [-0.05, 0) is 12.5 Å². The molecule has 1 aromatic rings. The van der Waals surface area contributed by atoms with E-state index in [1.807, 2.05) is 11.8 Å². The van der Waals surface area contributed by atoms with Crippen LogP contribution in [-0.2, 0) is 10.5 Å². The average Bonchev–Trinajstić information content (AvgIpc) is 2.49. The number of guanidine groups is 1. The number of nitrogens with two attached hydrogens (primary N) is 1. The largest absolute Gasteiger partial charge is 0.378 e. The van der Waals surface area contributed by atoms with Crippen molar-refractivity contribution in [3.63, 3.8) is 0 Å². The fraction of sp³-hybridized carbons (Fsp3) is 0.533. The molecule has 4 nitrogen and oxygen atoms in total.